The van der Waals surface area contributed by atoms with E-state index in [1.165, 1.54) is 0 Å². The van der Waals surface area contributed by atoms with Gasteiger partial charge in [-0.1, -0.05) is 17.8 Å². The Labute approximate surface area is 135 Å². The predicted octanol–water partition coefficient (Wildman–Crippen LogP) is 2.40. The van der Waals surface area contributed by atoms with Crippen molar-refractivity contribution in [1.82, 2.24) is 20.5 Å². The monoisotopic (exact) mass is 338 g/mol. The van der Waals surface area contributed by atoms with Gasteiger partial charge in [0.15, 0.2) is 0 Å². The number of alkyl carbamates (subject to hydrolysis) is 1. The molecular formula is C13H14N4O3S2. The molecule has 0 radical (unpaired) electrons. The fraction of sp³-hybridized carbons (Fsp3) is 0.231. The van der Waals surface area contributed by atoms with Crippen molar-refractivity contribution in [3.63, 3.8) is 0 Å². The standard InChI is InChI=1S/C13H14N4O3S2/c1-2-20-13(19)15-11(18)8-22-12-14-10(16-17-12)6-5-9-4-3-7-21-9/h3-7H,2,8H2,1H3,(H,14,16,17)(H,15,18,19)/b6-5+. The average molecular weight is 338 g/mol. The molecule has 9 heteroatoms. The highest BCUT2D eigenvalue weighted by molar-refractivity contribution is 7.99. The molecule has 116 valence electrons. The van der Waals surface area contributed by atoms with E-state index in [1.807, 2.05) is 29.7 Å². The highest BCUT2D eigenvalue weighted by Gasteiger charge is 2.10. The van der Waals surface area contributed by atoms with Crippen LogP contribution in [0.25, 0.3) is 12.2 Å². The Morgan fingerprint density at radius 2 is 2.36 bits per heavy atom. The lowest BCUT2D eigenvalue weighted by Crippen LogP contribution is -2.32. The molecule has 2 rings (SSSR count). The third-order valence-corrected chi connectivity index (χ3v) is 3.96. The van der Waals surface area contributed by atoms with E-state index < -0.39 is 12.0 Å². The topological polar surface area (TPSA) is 97.0 Å². The molecule has 0 aliphatic heterocycles. The Morgan fingerprint density at radius 1 is 1.50 bits per heavy atom. The van der Waals surface area contributed by atoms with Crippen molar-refractivity contribution in [2.45, 2.75) is 12.1 Å². The van der Waals surface area contributed by atoms with E-state index in [0.29, 0.717) is 11.0 Å². The molecule has 2 aromatic rings. The van der Waals surface area contributed by atoms with E-state index in [-0.39, 0.29) is 12.4 Å². The zero-order valence-corrected chi connectivity index (χ0v) is 13.4. The highest BCUT2D eigenvalue weighted by Crippen LogP contribution is 2.14. The van der Waals surface area contributed by atoms with E-state index in [1.54, 1.807) is 18.3 Å². The summed E-state index contributed by atoms with van der Waals surface area (Å²) in [6.45, 7) is 1.88. The van der Waals surface area contributed by atoms with Crippen LogP contribution in [0.2, 0.25) is 0 Å². The molecule has 0 unspecified atom stereocenters. The third-order valence-electron chi connectivity index (χ3n) is 2.28. The van der Waals surface area contributed by atoms with Crippen LogP contribution >= 0.6 is 23.1 Å². The summed E-state index contributed by atoms with van der Waals surface area (Å²) >= 11 is 2.75. The number of carbonyl (C=O) groups excluding carboxylic acids is 2. The van der Waals surface area contributed by atoms with Crippen molar-refractivity contribution < 1.29 is 14.3 Å². The van der Waals surface area contributed by atoms with Gasteiger partial charge >= 0.3 is 6.09 Å². The Kier molecular flexibility index (Phi) is 6.16. The summed E-state index contributed by atoms with van der Waals surface area (Å²) in [4.78, 5) is 27.9. The van der Waals surface area contributed by atoms with E-state index in [2.05, 4.69) is 25.2 Å². The minimum absolute atomic E-state index is 0.0325. The summed E-state index contributed by atoms with van der Waals surface area (Å²) in [5, 5.41) is 11.3. The van der Waals surface area contributed by atoms with E-state index in [9.17, 15) is 9.59 Å². The summed E-state index contributed by atoms with van der Waals surface area (Å²) in [6.07, 6.45) is 2.98. The first-order valence-corrected chi connectivity index (χ1v) is 8.27. The number of amides is 2. The molecule has 0 bridgehead atoms. The molecule has 2 aromatic heterocycles. The number of nitrogens with one attached hydrogen (secondary N) is 2. The zero-order chi connectivity index (χ0) is 15.8. The minimum Gasteiger partial charge on any atom is -0.450 e. The van der Waals surface area contributed by atoms with Crippen LogP contribution in [0.5, 0.6) is 0 Å². The maximum Gasteiger partial charge on any atom is 0.413 e. The van der Waals surface area contributed by atoms with Gasteiger partial charge in [0, 0.05) is 4.88 Å². The molecule has 2 N–H and O–H groups in total. The first-order chi connectivity index (χ1) is 10.7. The van der Waals surface area contributed by atoms with Crippen molar-refractivity contribution in [1.29, 1.82) is 0 Å². The predicted molar refractivity (Wildman–Crippen MR) is 85.5 cm³/mol. The van der Waals surface area contributed by atoms with Gasteiger partial charge in [-0.05, 0) is 30.5 Å². The van der Waals surface area contributed by atoms with Gasteiger partial charge in [-0.15, -0.1) is 16.4 Å². The van der Waals surface area contributed by atoms with Crippen molar-refractivity contribution in [3.8, 4) is 0 Å². The molecule has 0 saturated carbocycles. The molecule has 0 spiro atoms. The first kappa shape index (κ1) is 16.2. The fourth-order valence-electron chi connectivity index (χ4n) is 1.39. The van der Waals surface area contributed by atoms with Gasteiger partial charge in [0.1, 0.15) is 5.82 Å². The normalized spacial score (nSPS) is 10.8. The van der Waals surface area contributed by atoms with Gasteiger partial charge in [0.25, 0.3) is 0 Å². The maximum absolute atomic E-state index is 11.5. The minimum atomic E-state index is -0.748. The van der Waals surface area contributed by atoms with Gasteiger partial charge in [-0.25, -0.2) is 9.78 Å². The quantitative estimate of drug-likeness (QED) is 0.785. The van der Waals surface area contributed by atoms with Crippen LogP contribution in [0.3, 0.4) is 0 Å². The number of hydrogen-bond donors (Lipinski definition) is 2. The Hall–Kier alpha value is -2.13. The number of nitrogens with zero attached hydrogens (tertiary/aromatic N) is 2. The van der Waals surface area contributed by atoms with E-state index >= 15 is 0 Å². The summed E-state index contributed by atoms with van der Waals surface area (Å²) in [7, 11) is 0. The van der Waals surface area contributed by atoms with Crippen LogP contribution in [0.4, 0.5) is 4.79 Å². The van der Waals surface area contributed by atoms with Gasteiger partial charge in [0.2, 0.25) is 11.1 Å². The molecule has 0 atom stereocenters. The molecule has 0 aromatic carbocycles. The number of rotatable bonds is 6. The molecular weight excluding hydrogens is 324 g/mol. The summed E-state index contributed by atoms with van der Waals surface area (Å²) in [5.74, 6) is 0.177. The summed E-state index contributed by atoms with van der Waals surface area (Å²) in [6, 6.07) is 3.96. The van der Waals surface area contributed by atoms with Crippen molar-refractivity contribution in [2.75, 3.05) is 12.4 Å². The van der Waals surface area contributed by atoms with E-state index in [4.69, 9.17) is 0 Å². The summed E-state index contributed by atoms with van der Waals surface area (Å²) < 4.78 is 4.61. The van der Waals surface area contributed by atoms with Crippen LogP contribution in [0.1, 0.15) is 17.6 Å². The van der Waals surface area contributed by atoms with Gasteiger partial charge in [0.05, 0.1) is 12.4 Å². The van der Waals surface area contributed by atoms with Crippen molar-refractivity contribution in [3.05, 3.63) is 28.2 Å². The van der Waals surface area contributed by atoms with Crippen molar-refractivity contribution in [2.24, 2.45) is 0 Å². The lowest BCUT2D eigenvalue weighted by atomic mass is 10.4. The van der Waals surface area contributed by atoms with Gasteiger partial charge in [-0.2, -0.15) is 0 Å². The lowest BCUT2D eigenvalue weighted by molar-refractivity contribution is -0.117. The number of carbonyl (C=O) groups is 2. The number of H-pyrrole nitrogens is 1. The van der Waals surface area contributed by atoms with Crippen LogP contribution in [-0.4, -0.2) is 39.5 Å². The Morgan fingerprint density at radius 3 is 3.09 bits per heavy atom. The number of aromatic amines is 1. The fourth-order valence-corrected chi connectivity index (χ4v) is 2.62. The molecule has 0 fully saturated rings. The number of ether oxygens (including phenoxy) is 1. The van der Waals surface area contributed by atoms with Gasteiger partial charge < -0.3 is 4.74 Å². The number of thioether (sulfide) groups is 1. The summed E-state index contributed by atoms with van der Waals surface area (Å²) in [5.41, 5.74) is 0. The Bertz CT molecular complexity index is 652. The average Bonchev–Trinajstić information content (AvgIpc) is 3.15. The molecule has 0 aliphatic rings. The second kappa shape index (κ2) is 8.35. The first-order valence-electron chi connectivity index (χ1n) is 6.40. The number of thiophene rings is 1. The maximum atomic E-state index is 11.5. The third kappa shape index (κ3) is 5.34. The zero-order valence-electron chi connectivity index (χ0n) is 11.7. The number of aromatic nitrogens is 3. The highest BCUT2D eigenvalue weighted by atomic mass is 32.2. The second-order valence-corrected chi connectivity index (χ2v) is 5.83. The lowest BCUT2D eigenvalue weighted by Gasteiger charge is -2.02. The SMILES string of the molecule is CCOC(=O)NC(=O)CSc1n[nH]c(/C=C/c2cccs2)n1. The van der Waals surface area contributed by atoms with Crippen LogP contribution in [0, 0.1) is 0 Å². The number of imide groups is 1. The largest absolute Gasteiger partial charge is 0.450 e. The molecule has 7 nitrogen and oxygen atoms in total. The van der Waals surface area contributed by atoms with Crippen molar-refractivity contribution >= 4 is 47.3 Å². The van der Waals surface area contributed by atoms with Gasteiger partial charge in [-0.3, -0.25) is 15.2 Å². The number of hydrogen-bond acceptors (Lipinski definition) is 7. The molecule has 2 heterocycles. The molecule has 2 amide bonds. The molecule has 0 aliphatic carbocycles. The Balaban J connectivity index is 1.79. The second-order valence-electron chi connectivity index (χ2n) is 3.91. The molecule has 22 heavy (non-hydrogen) atoms. The van der Waals surface area contributed by atoms with Crippen LogP contribution in [-0.2, 0) is 9.53 Å². The van der Waals surface area contributed by atoms with Crippen LogP contribution < -0.4 is 5.32 Å². The van der Waals surface area contributed by atoms with E-state index in [0.717, 1.165) is 16.6 Å². The van der Waals surface area contributed by atoms with Crippen LogP contribution in [0.15, 0.2) is 22.7 Å². The molecule has 0 saturated heterocycles. The smallest absolute Gasteiger partial charge is 0.413 e.